The van der Waals surface area contributed by atoms with Gasteiger partial charge in [-0.05, 0) is 40.6 Å². The predicted molar refractivity (Wildman–Crippen MR) is 108 cm³/mol. The lowest BCUT2D eigenvalue weighted by molar-refractivity contribution is -0.111. The van der Waals surface area contributed by atoms with Crippen molar-refractivity contribution in [2.75, 3.05) is 26.6 Å². The van der Waals surface area contributed by atoms with E-state index in [-0.39, 0.29) is 5.91 Å². The first kappa shape index (κ1) is 18.3. The number of amides is 1. The number of anilines is 1. The van der Waals surface area contributed by atoms with Crippen LogP contribution >= 0.6 is 0 Å². The summed E-state index contributed by atoms with van der Waals surface area (Å²) in [6, 6.07) is 17.1. The highest BCUT2D eigenvalue weighted by Crippen LogP contribution is 2.26. The second kappa shape index (κ2) is 8.27. The summed E-state index contributed by atoms with van der Waals surface area (Å²) in [4.78, 5) is 12.2. The molecule has 0 heterocycles. The summed E-state index contributed by atoms with van der Waals surface area (Å²) in [5.74, 6) is 1.80. The minimum absolute atomic E-state index is 0.236. The van der Waals surface area contributed by atoms with Crippen molar-refractivity contribution in [3.05, 3.63) is 66.2 Å². The molecule has 0 unspecified atom stereocenters. The van der Waals surface area contributed by atoms with E-state index in [1.807, 2.05) is 36.4 Å². The van der Waals surface area contributed by atoms with Gasteiger partial charge in [0.25, 0.3) is 0 Å². The van der Waals surface area contributed by atoms with Crippen LogP contribution in [0.3, 0.4) is 0 Å². The van der Waals surface area contributed by atoms with Gasteiger partial charge in [0, 0.05) is 30.0 Å². The number of hydrogen-bond donors (Lipinski definition) is 1. The third-order valence-corrected chi connectivity index (χ3v) is 4.12. The largest absolute Gasteiger partial charge is 0.497 e. The molecule has 0 saturated heterocycles. The third kappa shape index (κ3) is 4.58. The van der Waals surface area contributed by atoms with Crippen LogP contribution in [0.2, 0.25) is 0 Å². The summed E-state index contributed by atoms with van der Waals surface area (Å²) in [7, 11) is 4.78. The Labute approximate surface area is 158 Å². The molecule has 0 aliphatic heterocycles. The standard InChI is InChI=1S/C22H21NO4/c1-25-19-8-7-16-10-15(4-6-17(16)11-19)5-9-22(24)23-18-12-20(26-2)14-21(13-18)27-3/h4-14H,1-3H3,(H,23,24)/b9-5+. The number of nitrogens with one attached hydrogen (secondary N) is 1. The molecule has 0 aliphatic rings. The lowest BCUT2D eigenvalue weighted by Crippen LogP contribution is -2.08. The van der Waals surface area contributed by atoms with Gasteiger partial charge in [0.2, 0.25) is 5.91 Å². The average molecular weight is 363 g/mol. The molecular weight excluding hydrogens is 342 g/mol. The summed E-state index contributed by atoms with van der Waals surface area (Å²) in [5, 5.41) is 4.97. The molecule has 0 spiro atoms. The van der Waals surface area contributed by atoms with E-state index in [1.54, 1.807) is 45.6 Å². The van der Waals surface area contributed by atoms with Crippen LogP contribution in [-0.2, 0) is 4.79 Å². The van der Waals surface area contributed by atoms with Crippen molar-refractivity contribution in [1.29, 1.82) is 0 Å². The van der Waals surface area contributed by atoms with Crippen LogP contribution in [-0.4, -0.2) is 27.2 Å². The molecule has 0 aliphatic carbocycles. The Morgan fingerprint density at radius 1 is 0.778 bits per heavy atom. The molecule has 0 bridgehead atoms. The Morgan fingerprint density at radius 2 is 1.41 bits per heavy atom. The van der Waals surface area contributed by atoms with Gasteiger partial charge in [-0.25, -0.2) is 0 Å². The monoisotopic (exact) mass is 363 g/mol. The fourth-order valence-electron chi connectivity index (χ4n) is 2.71. The smallest absolute Gasteiger partial charge is 0.248 e. The molecular formula is C22H21NO4. The number of carbonyl (C=O) groups excluding carboxylic acids is 1. The van der Waals surface area contributed by atoms with E-state index in [9.17, 15) is 4.79 Å². The molecule has 0 fully saturated rings. The number of benzene rings is 3. The summed E-state index contributed by atoms with van der Waals surface area (Å²) in [6.45, 7) is 0. The highest BCUT2D eigenvalue weighted by atomic mass is 16.5. The fraction of sp³-hybridized carbons (Fsp3) is 0.136. The number of ether oxygens (including phenoxy) is 3. The van der Waals surface area contributed by atoms with Crippen molar-refractivity contribution >= 4 is 28.4 Å². The second-order valence-electron chi connectivity index (χ2n) is 5.90. The van der Waals surface area contributed by atoms with Gasteiger partial charge in [0.15, 0.2) is 0 Å². The number of carbonyl (C=O) groups is 1. The van der Waals surface area contributed by atoms with Crippen molar-refractivity contribution in [3.8, 4) is 17.2 Å². The van der Waals surface area contributed by atoms with E-state index in [4.69, 9.17) is 14.2 Å². The van der Waals surface area contributed by atoms with Crippen molar-refractivity contribution < 1.29 is 19.0 Å². The van der Waals surface area contributed by atoms with Gasteiger partial charge in [-0.1, -0.05) is 18.2 Å². The summed E-state index contributed by atoms with van der Waals surface area (Å²) >= 11 is 0. The van der Waals surface area contributed by atoms with Gasteiger partial charge in [-0.15, -0.1) is 0 Å². The fourth-order valence-corrected chi connectivity index (χ4v) is 2.71. The molecule has 1 N–H and O–H groups in total. The molecule has 3 aromatic carbocycles. The Bertz CT molecular complexity index is 973. The maximum atomic E-state index is 12.2. The normalized spacial score (nSPS) is 10.8. The highest BCUT2D eigenvalue weighted by Gasteiger charge is 2.04. The maximum absolute atomic E-state index is 12.2. The Morgan fingerprint density at radius 3 is 2.07 bits per heavy atom. The van der Waals surface area contributed by atoms with Crippen LogP contribution in [0.25, 0.3) is 16.8 Å². The lowest BCUT2D eigenvalue weighted by Gasteiger charge is -2.08. The zero-order chi connectivity index (χ0) is 19.2. The first-order valence-corrected chi connectivity index (χ1v) is 8.41. The summed E-state index contributed by atoms with van der Waals surface area (Å²) in [5.41, 5.74) is 1.54. The molecule has 5 nitrogen and oxygen atoms in total. The van der Waals surface area contributed by atoms with E-state index < -0.39 is 0 Å². The quantitative estimate of drug-likeness (QED) is 0.654. The van der Waals surface area contributed by atoms with Gasteiger partial charge in [-0.2, -0.15) is 0 Å². The van der Waals surface area contributed by atoms with E-state index in [2.05, 4.69) is 5.32 Å². The van der Waals surface area contributed by atoms with Gasteiger partial charge in [0.1, 0.15) is 17.2 Å². The number of rotatable bonds is 6. The van der Waals surface area contributed by atoms with E-state index >= 15 is 0 Å². The topological polar surface area (TPSA) is 56.8 Å². The van der Waals surface area contributed by atoms with Crippen molar-refractivity contribution in [2.24, 2.45) is 0 Å². The molecule has 138 valence electrons. The van der Waals surface area contributed by atoms with Crippen molar-refractivity contribution in [1.82, 2.24) is 0 Å². The van der Waals surface area contributed by atoms with Crippen LogP contribution in [0.15, 0.2) is 60.7 Å². The van der Waals surface area contributed by atoms with E-state index in [0.717, 1.165) is 22.1 Å². The van der Waals surface area contributed by atoms with Gasteiger partial charge in [-0.3, -0.25) is 4.79 Å². The highest BCUT2D eigenvalue weighted by molar-refractivity contribution is 6.02. The predicted octanol–water partition coefficient (Wildman–Crippen LogP) is 4.52. The zero-order valence-electron chi connectivity index (χ0n) is 15.5. The van der Waals surface area contributed by atoms with Crippen LogP contribution in [0, 0.1) is 0 Å². The first-order valence-electron chi connectivity index (χ1n) is 8.41. The summed E-state index contributed by atoms with van der Waals surface area (Å²) in [6.07, 6.45) is 3.27. The number of fused-ring (bicyclic) bond motifs is 1. The summed E-state index contributed by atoms with van der Waals surface area (Å²) < 4.78 is 15.7. The second-order valence-corrected chi connectivity index (χ2v) is 5.90. The maximum Gasteiger partial charge on any atom is 0.248 e. The van der Waals surface area contributed by atoms with Crippen molar-refractivity contribution in [2.45, 2.75) is 0 Å². The SMILES string of the molecule is COc1cc(NC(=O)/C=C/c2ccc3cc(OC)ccc3c2)cc(OC)c1. The Kier molecular flexibility index (Phi) is 5.61. The molecule has 5 heteroatoms. The Hall–Kier alpha value is -3.47. The average Bonchev–Trinajstić information content (AvgIpc) is 2.71. The molecule has 27 heavy (non-hydrogen) atoms. The molecule has 0 aromatic heterocycles. The van der Waals surface area contributed by atoms with Crippen LogP contribution in [0.4, 0.5) is 5.69 Å². The minimum atomic E-state index is -0.236. The van der Waals surface area contributed by atoms with Crippen LogP contribution < -0.4 is 19.5 Å². The van der Waals surface area contributed by atoms with E-state index in [1.165, 1.54) is 6.08 Å². The third-order valence-electron chi connectivity index (χ3n) is 4.12. The Balaban J connectivity index is 1.74. The van der Waals surface area contributed by atoms with E-state index in [0.29, 0.717) is 17.2 Å². The molecule has 3 rings (SSSR count). The molecule has 0 atom stereocenters. The number of hydrogen-bond acceptors (Lipinski definition) is 4. The molecule has 3 aromatic rings. The molecule has 0 radical (unpaired) electrons. The number of methoxy groups -OCH3 is 3. The minimum Gasteiger partial charge on any atom is -0.497 e. The first-order chi connectivity index (χ1) is 13.1. The zero-order valence-corrected chi connectivity index (χ0v) is 15.5. The van der Waals surface area contributed by atoms with Gasteiger partial charge < -0.3 is 19.5 Å². The van der Waals surface area contributed by atoms with Crippen molar-refractivity contribution in [3.63, 3.8) is 0 Å². The molecule has 1 amide bonds. The lowest BCUT2D eigenvalue weighted by atomic mass is 10.1. The van der Waals surface area contributed by atoms with Crippen LogP contribution in [0.1, 0.15) is 5.56 Å². The van der Waals surface area contributed by atoms with Gasteiger partial charge >= 0.3 is 0 Å². The van der Waals surface area contributed by atoms with Crippen LogP contribution in [0.5, 0.6) is 17.2 Å². The van der Waals surface area contributed by atoms with Gasteiger partial charge in [0.05, 0.1) is 21.3 Å². The molecule has 0 saturated carbocycles.